The van der Waals surface area contributed by atoms with Crippen LogP contribution in [0.3, 0.4) is 0 Å². The number of aromatic nitrogens is 2. The third-order valence-electron chi connectivity index (χ3n) is 4.64. The fraction of sp³-hybridized carbons (Fsp3) is 0.421. The summed E-state index contributed by atoms with van der Waals surface area (Å²) in [6, 6.07) is 6.99. The number of alkyl halides is 3. The Morgan fingerprint density at radius 2 is 1.93 bits per heavy atom. The molecule has 30 heavy (non-hydrogen) atoms. The zero-order chi connectivity index (χ0) is 22.1. The third kappa shape index (κ3) is 4.23. The summed E-state index contributed by atoms with van der Waals surface area (Å²) in [7, 11) is 0. The van der Waals surface area contributed by atoms with Crippen molar-refractivity contribution in [3.05, 3.63) is 68.5 Å². The minimum absolute atomic E-state index is 0.0301. The predicted octanol–water partition coefficient (Wildman–Crippen LogP) is 1.40. The molecule has 1 aliphatic rings. The molecule has 3 atom stereocenters. The number of nitrogens with zero attached hydrogens (tertiary/aromatic N) is 2. The van der Waals surface area contributed by atoms with Crippen molar-refractivity contribution in [1.29, 1.82) is 0 Å². The molecular formula is C19H19F3N2O6. The lowest BCUT2D eigenvalue weighted by atomic mass is 10.2. The highest BCUT2D eigenvalue weighted by molar-refractivity contribution is 5.95. The first kappa shape index (κ1) is 21.9. The van der Waals surface area contributed by atoms with Crippen molar-refractivity contribution in [2.75, 3.05) is 13.2 Å². The number of carbonyl (C=O) groups excluding carboxylic acids is 1. The summed E-state index contributed by atoms with van der Waals surface area (Å²) in [6.07, 6.45) is -8.30. The van der Waals surface area contributed by atoms with E-state index < -0.39 is 47.3 Å². The summed E-state index contributed by atoms with van der Waals surface area (Å²) in [5, 5.41) is 10.1. The van der Waals surface area contributed by atoms with E-state index in [4.69, 9.17) is 9.47 Å². The van der Waals surface area contributed by atoms with Gasteiger partial charge in [0.2, 0.25) is 0 Å². The number of carbonyl (C=O) groups is 1. The Morgan fingerprint density at radius 3 is 2.53 bits per heavy atom. The van der Waals surface area contributed by atoms with Gasteiger partial charge in [-0.05, 0) is 19.1 Å². The Bertz CT molecular complexity index is 1030. The van der Waals surface area contributed by atoms with E-state index >= 15 is 0 Å². The topological polar surface area (TPSA) is 99.8 Å². The molecule has 0 radical (unpaired) electrons. The largest absolute Gasteiger partial charge is 0.423 e. The maximum Gasteiger partial charge on any atom is 0.423 e. The molecule has 11 heteroatoms. The minimum Gasteiger partial charge on any atom is -0.390 e. The van der Waals surface area contributed by atoms with Crippen LogP contribution in [0.15, 0.2) is 46.1 Å². The van der Waals surface area contributed by atoms with Crippen LogP contribution < -0.4 is 11.2 Å². The zero-order valence-electron chi connectivity index (χ0n) is 15.8. The van der Waals surface area contributed by atoms with E-state index in [1.54, 1.807) is 13.0 Å². The van der Waals surface area contributed by atoms with Gasteiger partial charge in [0.25, 0.3) is 11.5 Å². The van der Waals surface area contributed by atoms with Crippen LogP contribution in [0.1, 0.15) is 35.5 Å². The van der Waals surface area contributed by atoms with Crippen LogP contribution in [0.25, 0.3) is 0 Å². The molecule has 1 aromatic heterocycles. The molecule has 0 bridgehead atoms. The number of rotatable bonds is 5. The Labute approximate surface area is 168 Å². The monoisotopic (exact) mass is 428 g/mol. The fourth-order valence-corrected chi connectivity index (χ4v) is 3.13. The molecule has 162 valence electrons. The minimum atomic E-state index is -5.12. The van der Waals surface area contributed by atoms with Gasteiger partial charge in [0.15, 0.2) is 0 Å². The first-order valence-corrected chi connectivity index (χ1v) is 9.11. The standard InChI is InChI=1S/C19H19F3N2O6/c1-2-29-10-14-13(25)8-15(30-14)23-9-12(19(20,21)22)17(27)24(18(23)28)16(26)11-6-4-3-5-7-11/h3-7,9,13-15,25H,2,8,10H2,1H3/t13?,14-,15-/m0/s1. The summed E-state index contributed by atoms with van der Waals surface area (Å²) < 4.78 is 51.5. The van der Waals surface area contributed by atoms with Crippen LogP contribution >= 0.6 is 0 Å². The van der Waals surface area contributed by atoms with E-state index in [2.05, 4.69) is 0 Å². The normalized spacial score (nSPS) is 21.7. The molecule has 1 aliphatic heterocycles. The summed E-state index contributed by atoms with van der Waals surface area (Å²) in [4.78, 5) is 37.9. The average Bonchev–Trinajstić information content (AvgIpc) is 3.06. The van der Waals surface area contributed by atoms with Crippen LogP contribution in [-0.4, -0.2) is 45.6 Å². The number of hydrogen-bond acceptors (Lipinski definition) is 6. The Balaban J connectivity index is 2.12. The number of halogens is 3. The summed E-state index contributed by atoms with van der Waals surface area (Å²) in [5.41, 5.74) is -4.90. The van der Waals surface area contributed by atoms with Gasteiger partial charge < -0.3 is 14.6 Å². The van der Waals surface area contributed by atoms with Gasteiger partial charge in [-0.3, -0.25) is 14.2 Å². The molecule has 1 N–H and O–H groups in total. The van der Waals surface area contributed by atoms with Crippen molar-refractivity contribution in [2.24, 2.45) is 0 Å². The summed E-state index contributed by atoms with van der Waals surface area (Å²) in [5.74, 6) is -1.20. The number of aliphatic hydroxyl groups is 1. The average molecular weight is 428 g/mol. The van der Waals surface area contributed by atoms with E-state index in [0.29, 0.717) is 17.4 Å². The highest BCUT2D eigenvalue weighted by Crippen LogP contribution is 2.30. The molecule has 3 rings (SSSR count). The molecule has 1 saturated heterocycles. The molecule has 2 heterocycles. The van der Waals surface area contributed by atoms with Gasteiger partial charge in [-0.25, -0.2) is 4.79 Å². The van der Waals surface area contributed by atoms with Crippen molar-refractivity contribution < 1.29 is 32.5 Å². The van der Waals surface area contributed by atoms with Crippen molar-refractivity contribution in [3.8, 4) is 0 Å². The summed E-state index contributed by atoms with van der Waals surface area (Å²) >= 11 is 0. The van der Waals surface area contributed by atoms with Gasteiger partial charge in [-0.1, -0.05) is 18.2 Å². The van der Waals surface area contributed by atoms with Crippen LogP contribution in [0.4, 0.5) is 13.2 Å². The van der Waals surface area contributed by atoms with Gasteiger partial charge in [-0.2, -0.15) is 17.7 Å². The number of benzene rings is 1. The predicted molar refractivity (Wildman–Crippen MR) is 97.2 cm³/mol. The van der Waals surface area contributed by atoms with E-state index in [1.165, 1.54) is 24.3 Å². The smallest absolute Gasteiger partial charge is 0.390 e. The van der Waals surface area contributed by atoms with E-state index in [1.807, 2.05) is 0 Å². The molecule has 1 unspecified atom stereocenters. The Hall–Kier alpha value is -2.76. The molecule has 8 nitrogen and oxygen atoms in total. The van der Waals surface area contributed by atoms with Crippen molar-refractivity contribution in [2.45, 2.75) is 38.0 Å². The van der Waals surface area contributed by atoms with Gasteiger partial charge in [-0.15, -0.1) is 0 Å². The first-order chi connectivity index (χ1) is 14.1. The lowest BCUT2D eigenvalue weighted by Gasteiger charge is -2.19. The van der Waals surface area contributed by atoms with Crippen LogP contribution in [0.5, 0.6) is 0 Å². The Morgan fingerprint density at radius 1 is 1.27 bits per heavy atom. The molecule has 0 aliphatic carbocycles. The molecule has 2 aromatic rings. The van der Waals surface area contributed by atoms with E-state index in [0.717, 1.165) is 0 Å². The van der Waals surface area contributed by atoms with Gasteiger partial charge >= 0.3 is 11.9 Å². The number of aliphatic hydroxyl groups excluding tert-OH is 1. The third-order valence-corrected chi connectivity index (χ3v) is 4.64. The first-order valence-electron chi connectivity index (χ1n) is 9.11. The molecule has 0 amide bonds. The highest BCUT2D eigenvalue weighted by atomic mass is 19.4. The van der Waals surface area contributed by atoms with E-state index in [-0.39, 0.29) is 23.2 Å². The zero-order valence-corrected chi connectivity index (χ0v) is 15.8. The van der Waals surface area contributed by atoms with Crippen LogP contribution in [-0.2, 0) is 15.7 Å². The molecule has 0 saturated carbocycles. The molecule has 0 spiro atoms. The van der Waals surface area contributed by atoms with Crippen molar-refractivity contribution in [1.82, 2.24) is 9.13 Å². The SMILES string of the molecule is CCOC[C@@H]1O[C@H](n2cc(C(F)(F)F)c(=O)n(C(=O)c3ccccc3)c2=O)CC1O. The second-order valence-corrected chi connectivity index (χ2v) is 6.63. The second-order valence-electron chi connectivity index (χ2n) is 6.63. The van der Waals surface area contributed by atoms with E-state index in [9.17, 15) is 32.7 Å². The Kier molecular flexibility index (Phi) is 6.25. The quantitative estimate of drug-likeness (QED) is 0.773. The second kappa shape index (κ2) is 8.54. The molecule has 1 fully saturated rings. The van der Waals surface area contributed by atoms with Crippen molar-refractivity contribution >= 4 is 5.91 Å². The van der Waals surface area contributed by atoms with Crippen LogP contribution in [0.2, 0.25) is 0 Å². The number of ether oxygens (including phenoxy) is 2. The fourth-order valence-electron chi connectivity index (χ4n) is 3.13. The molecular weight excluding hydrogens is 409 g/mol. The summed E-state index contributed by atoms with van der Waals surface area (Å²) in [6.45, 7) is 2.01. The lowest BCUT2D eigenvalue weighted by molar-refractivity contribution is -0.139. The van der Waals surface area contributed by atoms with Crippen molar-refractivity contribution in [3.63, 3.8) is 0 Å². The highest BCUT2D eigenvalue weighted by Gasteiger charge is 2.40. The maximum atomic E-state index is 13.5. The van der Waals surface area contributed by atoms with Gasteiger partial charge in [0.1, 0.15) is 17.9 Å². The van der Waals surface area contributed by atoms with Gasteiger partial charge in [0.05, 0.1) is 12.7 Å². The van der Waals surface area contributed by atoms with Crippen LogP contribution in [0, 0.1) is 0 Å². The lowest BCUT2D eigenvalue weighted by Crippen LogP contribution is -2.47. The number of hydrogen-bond donors (Lipinski definition) is 1. The molecule has 1 aromatic carbocycles. The van der Waals surface area contributed by atoms with Gasteiger partial charge in [0, 0.05) is 24.8 Å². The maximum absolute atomic E-state index is 13.5.